The van der Waals surface area contributed by atoms with E-state index in [0.717, 1.165) is 30.7 Å². The number of rotatable bonds is 7. The van der Waals surface area contributed by atoms with Crippen LogP contribution < -0.4 is 5.32 Å². The van der Waals surface area contributed by atoms with E-state index in [1.807, 2.05) is 48.5 Å². The van der Waals surface area contributed by atoms with Crippen molar-refractivity contribution < 1.29 is 4.79 Å². The van der Waals surface area contributed by atoms with Crippen LogP contribution in [0, 0.1) is 0 Å². The van der Waals surface area contributed by atoms with Gasteiger partial charge in [0.2, 0.25) is 5.01 Å². The fourth-order valence-corrected chi connectivity index (χ4v) is 5.86. The Morgan fingerprint density at radius 1 is 0.938 bits per heavy atom. The molecular weight excluding hydrogens is 458 g/mol. The number of hydrogen-bond donors (Lipinski definition) is 1. The zero-order valence-corrected chi connectivity index (χ0v) is 19.2. The molecule has 0 unspecified atom stereocenters. The van der Waals surface area contributed by atoms with E-state index >= 15 is 0 Å². The van der Waals surface area contributed by atoms with Gasteiger partial charge in [0.15, 0.2) is 0 Å². The summed E-state index contributed by atoms with van der Waals surface area (Å²) in [6, 6.07) is 22.2. The quantitative estimate of drug-likeness (QED) is 0.250. The fourth-order valence-electron chi connectivity index (χ4n) is 3.08. The van der Waals surface area contributed by atoms with Crippen molar-refractivity contribution in [1.29, 1.82) is 0 Å². The first-order valence-corrected chi connectivity index (χ1v) is 12.5. The Labute approximate surface area is 196 Å². The molecular formula is C23H17N5OS3. The number of benzene rings is 2. The number of carbonyl (C=O) groups excluding carboxylic acids is 1. The summed E-state index contributed by atoms with van der Waals surface area (Å²) in [7, 11) is 0. The van der Waals surface area contributed by atoms with Crippen LogP contribution in [0.2, 0.25) is 0 Å². The number of aromatic nitrogens is 4. The molecule has 0 bridgehead atoms. The molecule has 2 aromatic carbocycles. The second-order valence-electron chi connectivity index (χ2n) is 6.83. The highest BCUT2D eigenvalue weighted by Gasteiger charge is 2.15. The molecule has 5 aromatic rings. The van der Waals surface area contributed by atoms with Gasteiger partial charge in [0.05, 0.1) is 5.75 Å². The fraction of sp³-hybridized carbons (Fsp3) is 0.0870. The van der Waals surface area contributed by atoms with E-state index in [4.69, 9.17) is 0 Å². The van der Waals surface area contributed by atoms with Crippen LogP contribution in [-0.4, -0.2) is 26.1 Å². The molecule has 3 heterocycles. The summed E-state index contributed by atoms with van der Waals surface area (Å²) in [4.78, 5) is 23.4. The normalized spacial score (nSPS) is 11.0. The van der Waals surface area contributed by atoms with Gasteiger partial charge in [-0.3, -0.25) is 4.79 Å². The van der Waals surface area contributed by atoms with E-state index < -0.39 is 0 Å². The van der Waals surface area contributed by atoms with Crippen LogP contribution in [0.3, 0.4) is 0 Å². The van der Waals surface area contributed by atoms with Crippen LogP contribution in [-0.2, 0) is 12.3 Å². The number of thioether (sulfide) groups is 1. The Balaban J connectivity index is 1.26. The minimum atomic E-state index is -0.211. The lowest BCUT2D eigenvalue weighted by atomic mass is 10.2. The number of nitrogens with one attached hydrogen (secondary N) is 1. The smallest absolute Gasteiger partial charge is 0.282 e. The number of thiophene rings is 1. The molecule has 0 aliphatic heterocycles. The first kappa shape index (κ1) is 20.7. The van der Waals surface area contributed by atoms with Gasteiger partial charge in [-0.2, -0.15) is 0 Å². The van der Waals surface area contributed by atoms with Crippen LogP contribution >= 0.6 is 34.4 Å². The van der Waals surface area contributed by atoms with E-state index in [2.05, 4.69) is 43.7 Å². The Morgan fingerprint density at radius 2 is 1.72 bits per heavy atom. The number of amides is 1. The van der Waals surface area contributed by atoms with Crippen molar-refractivity contribution in [3.8, 4) is 10.4 Å². The highest BCUT2D eigenvalue weighted by molar-refractivity contribution is 7.98. The van der Waals surface area contributed by atoms with Gasteiger partial charge in [0.1, 0.15) is 21.2 Å². The van der Waals surface area contributed by atoms with E-state index in [-0.39, 0.29) is 5.91 Å². The minimum absolute atomic E-state index is 0.211. The summed E-state index contributed by atoms with van der Waals surface area (Å²) in [5, 5.41) is 14.2. The standard InChI is InChI=1S/C23H17N5OS3/c29-20(24-12-15-7-3-1-4-8-15)23-28-27-19(32-23)13-30-21-17-11-18(16-9-5-2-6-10-16)31-22(17)26-14-25-21/h1-11,14H,12-13H2,(H,24,29). The van der Waals surface area contributed by atoms with Gasteiger partial charge >= 0.3 is 0 Å². The monoisotopic (exact) mass is 475 g/mol. The van der Waals surface area contributed by atoms with Gasteiger partial charge < -0.3 is 5.32 Å². The number of carbonyl (C=O) groups is 1. The largest absolute Gasteiger partial charge is 0.346 e. The van der Waals surface area contributed by atoms with Gasteiger partial charge in [-0.05, 0) is 17.2 Å². The maximum Gasteiger partial charge on any atom is 0.282 e. The molecule has 0 aliphatic rings. The van der Waals surface area contributed by atoms with E-state index in [9.17, 15) is 4.79 Å². The van der Waals surface area contributed by atoms with Gasteiger partial charge in [-0.15, -0.1) is 21.5 Å². The molecule has 32 heavy (non-hydrogen) atoms. The summed E-state index contributed by atoms with van der Waals surface area (Å²) >= 11 is 4.54. The van der Waals surface area contributed by atoms with Crippen molar-refractivity contribution in [2.24, 2.45) is 0 Å². The average Bonchev–Trinajstić information content (AvgIpc) is 3.50. The molecule has 158 valence electrons. The molecule has 5 rings (SSSR count). The molecule has 1 amide bonds. The first-order chi connectivity index (χ1) is 15.8. The van der Waals surface area contributed by atoms with Crippen molar-refractivity contribution in [3.05, 3.63) is 88.6 Å². The predicted octanol–water partition coefficient (Wildman–Crippen LogP) is 5.43. The van der Waals surface area contributed by atoms with Crippen LogP contribution in [0.1, 0.15) is 20.4 Å². The Kier molecular flexibility index (Phi) is 6.20. The summed E-state index contributed by atoms with van der Waals surface area (Å²) in [6.45, 7) is 0.462. The molecule has 9 heteroatoms. The molecule has 6 nitrogen and oxygen atoms in total. The number of hydrogen-bond acceptors (Lipinski definition) is 8. The third-order valence-electron chi connectivity index (χ3n) is 4.64. The Morgan fingerprint density at radius 3 is 2.53 bits per heavy atom. The van der Waals surface area contributed by atoms with Gasteiger partial charge in [-0.25, -0.2) is 9.97 Å². The SMILES string of the molecule is O=C(NCc1ccccc1)c1nnc(CSc2ncnc3sc(-c4ccccc4)cc23)s1. The van der Waals surface area contributed by atoms with Crippen molar-refractivity contribution in [2.75, 3.05) is 0 Å². The molecule has 0 fully saturated rings. The Bertz CT molecular complexity index is 1350. The Hall–Kier alpha value is -3.14. The second kappa shape index (κ2) is 9.56. The van der Waals surface area contributed by atoms with Crippen LogP contribution in [0.4, 0.5) is 0 Å². The summed E-state index contributed by atoms with van der Waals surface area (Å²) in [5.74, 6) is 0.379. The minimum Gasteiger partial charge on any atom is -0.346 e. The van der Waals surface area contributed by atoms with Gasteiger partial charge in [0.25, 0.3) is 5.91 Å². The summed E-state index contributed by atoms with van der Waals surface area (Å²) in [6.07, 6.45) is 1.60. The van der Waals surface area contributed by atoms with Crippen molar-refractivity contribution >= 4 is 50.6 Å². The van der Waals surface area contributed by atoms with E-state index in [1.54, 1.807) is 29.4 Å². The van der Waals surface area contributed by atoms with Crippen LogP contribution in [0.25, 0.3) is 20.7 Å². The molecule has 0 saturated heterocycles. The van der Waals surface area contributed by atoms with Crippen LogP contribution in [0.15, 0.2) is 78.1 Å². The topological polar surface area (TPSA) is 80.7 Å². The van der Waals surface area contributed by atoms with Gasteiger partial charge in [0, 0.05) is 16.8 Å². The molecule has 0 atom stereocenters. The number of nitrogens with zero attached hydrogens (tertiary/aromatic N) is 4. The van der Waals surface area contributed by atoms with Crippen molar-refractivity contribution in [2.45, 2.75) is 17.3 Å². The lowest BCUT2D eigenvalue weighted by Gasteiger charge is -2.02. The predicted molar refractivity (Wildman–Crippen MR) is 130 cm³/mol. The van der Waals surface area contributed by atoms with Crippen molar-refractivity contribution in [1.82, 2.24) is 25.5 Å². The van der Waals surface area contributed by atoms with Crippen molar-refractivity contribution in [3.63, 3.8) is 0 Å². The highest BCUT2D eigenvalue weighted by Crippen LogP contribution is 2.37. The second-order valence-corrected chi connectivity index (χ2v) is 9.89. The molecule has 0 spiro atoms. The van der Waals surface area contributed by atoms with Gasteiger partial charge in [-0.1, -0.05) is 83.8 Å². The maximum atomic E-state index is 12.4. The third kappa shape index (κ3) is 4.69. The zero-order chi connectivity index (χ0) is 21.8. The average molecular weight is 476 g/mol. The lowest BCUT2D eigenvalue weighted by molar-refractivity contribution is 0.0950. The van der Waals surface area contributed by atoms with Crippen LogP contribution in [0.5, 0.6) is 0 Å². The first-order valence-electron chi connectivity index (χ1n) is 9.83. The molecule has 0 radical (unpaired) electrons. The third-order valence-corrected chi connectivity index (χ3v) is 7.85. The molecule has 1 N–H and O–H groups in total. The summed E-state index contributed by atoms with van der Waals surface area (Å²) in [5.41, 5.74) is 2.21. The molecule has 0 saturated carbocycles. The molecule has 3 aromatic heterocycles. The maximum absolute atomic E-state index is 12.4. The number of fused-ring (bicyclic) bond motifs is 1. The van der Waals surface area contributed by atoms with E-state index in [1.165, 1.54) is 16.9 Å². The lowest BCUT2D eigenvalue weighted by Crippen LogP contribution is -2.22. The van der Waals surface area contributed by atoms with E-state index in [0.29, 0.717) is 17.3 Å². The summed E-state index contributed by atoms with van der Waals surface area (Å²) < 4.78 is 0. The molecule has 0 aliphatic carbocycles. The zero-order valence-electron chi connectivity index (χ0n) is 16.8. The highest BCUT2D eigenvalue weighted by atomic mass is 32.2.